The summed E-state index contributed by atoms with van der Waals surface area (Å²) in [7, 11) is 3.36. The Hall–Kier alpha value is -3.21. The fourth-order valence-corrected chi connectivity index (χ4v) is 4.81. The summed E-state index contributed by atoms with van der Waals surface area (Å²) in [6.45, 7) is 3.94. The van der Waals surface area contributed by atoms with Crippen molar-refractivity contribution in [1.29, 1.82) is 0 Å². The van der Waals surface area contributed by atoms with Gasteiger partial charge in [0.25, 0.3) is 5.91 Å². The fourth-order valence-electron chi connectivity index (χ4n) is 4.81. The van der Waals surface area contributed by atoms with Gasteiger partial charge in [-0.3, -0.25) is 19.3 Å². The molecule has 0 N–H and O–H groups in total. The molecule has 1 aromatic heterocycles. The van der Waals surface area contributed by atoms with E-state index in [0.717, 1.165) is 35.1 Å². The molecule has 3 aromatic rings. The van der Waals surface area contributed by atoms with E-state index in [1.807, 2.05) is 60.1 Å². The van der Waals surface area contributed by atoms with Gasteiger partial charge in [0.1, 0.15) is 0 Å². The van der Waals surface area contributed by atoms with E-state index in [1.54, 1.807) is 6.92 Å². The van der Waals surface area contributed by atoms with E-state index in [1.165, 1.54) is 12.6 Å². The average Bonchev–Trinajstić information content (AvgIpc) is 3.09. The molecule has 31 heavy (non-hydrogen) atoms. The van der Waals surface area contributed by atoms with E-state index < -0.39 is 5.41 Å². The van der Waals surface area contributed by atoms with E-state index in [0.29, 0.717) is 16.8 Å². The van der Waals surface area contributed by atoms with Gasteiger partial charge in [0.2, 0.25) is 5.91 Å². The van der Waals surface area contributed by atoms with Crippen LogP contribution in [0.3, 0.4) is 0 Å². The van der Waals surface area contributed by atoms with Crippen LogP contribution in [0.1, 0.15) is 65.1 Å². The number of fused-ring (bicyclic) bond motifs is 3. The van der Waals surface area contributed by atoms with Crippen LogP contribution in [-0.4, -0.2) is 34.1 Å². The Morgan fingerprint density at radius 2 is 1.68 bits per heavy atom. The number of aromatic nitrogens is 1. The van der Waals surface area contributed by atoms with Crippen LogP contribution in [0.25, 0.3) is 10.9 Å². The van der Waals surface area contributed by atoms with Gasteiger partial charge in [0, 0.05) is 42.7 Å². The molecule has 1 aliphatic rings. The molecule has 0 radical (unpaired) electrons. The zero-order valence-electron chi connectivity index (χ0n) is 18.6. The van der Waals surface area contributed by atoms with Crippen molar-refractivity contribution >= 4 is 28.5 Å². The number of Topliss-reactive ketones (excluding diaryl/α,β-unsaturated/α-hetero) is 1. The molecule has 160 valence electrons. The first kappa shape index (κ1) is 21.0. The second-order valence-electron chi connectivity index (χ2n) is 8.70. The lowest BCUT2D eigenvalue weighted by molar-refractivity contribution is -0.133. The number of benzene rings is 2. The maximum Gasteiger partial charge on any atom is 0.262 e. The third-order valence-electron chi connectivity index (χ3n) is 6.53. The lowest BCUT2D eigenvalue weighted by atomic mass is 9.75. The summed E-state index contributed by atoms with van der Waals surface area (Å²) < 4.78 is 1.90. The highest BCUT2D eigenvalue weighted by Crippen LogP contribution is 2.42. The van der Waals surface area contributed by atoms with Gasteiger partial charge in [0.05, 0.1) is 11.0 Å². The lowest BCUT2D eigenvalue weighted by Gasteiger charge is -2.37. The monoisotopic (exact) mass is 416 g/mol. The van der Waals surface area contributed by atoms with Crippen LogP contribution < -0.4 is 0 Å². The molecule has 5 heteroatoms. The summed E-state index contributed by atoms with van der Waals surface area (Å²) in [5, 5.41) is 0.809. The summed E-state index contributed by atoms with van der Waals surface area (Å²) in [4.78, 5) is 40.8. The minimum absolute atomic E-state index is 0.00885. The maximum absolute atomic E-state index is 13.3. The van der Waals surface area contributed by atoms with Crippen LogP contribution in [0.15, 0.2) is 48.5 Å². The largest absolute Gasteiger partial charge is 0.346 e. The van der Waals surface area contributed by atoms with Crippen LogP contribution in [-0.2, 0) is 23.7 Å². The number of carbonyl (C=O) groups excluding carboxylic acids is 3. The van der Waals surface area contributed by atoms with E-state index in [2.05, 4.69) is 6.92 Å². The summed E-state index contributed by atoms with van der Waals surface area (Å²) in [5.74, 6) is -0.761. The molecule has 2 aromatic carbocycles. The minimum atomic E-state index is -1.12. The van der Waals surface area contributed by atoms with Gasteiger partial charge in [0.15, 0.2) is 5.78 Å². The van der Waals surface area contributed by atoms with Crippen LogP contribution in [0.4, 0.5) is 0 Å². The number of para-hydroxylation sites is 1. The predicted octanol–water partition coefficient (Wildman–Crippen LogP) is 4.66. The van der Waals surface area contributed by atoms with Crippen molar-refractivity contribution in [3.8, 4) is 0 Å². The summed E-state index contributed by atoms with van der Waals surface area (Å²) >= 11 is 0. The number of aryl methyl sites for hydroxylation is 2. The molecule has 5 nitrogen and oxygen atoms in total. The van der Waals surface area contributed by atoms with Crippen LogP contribution in [0, 0.1) is 0 Å². The molecule has 1 atom stereocenters. The molecule has 0 fully saturated rings. The minimum Gasteiger partial charge on any atom is -0.346 e. The second kappa shape index (κ2) is 7.80. The standard InChI is InChI=1S/C26H28N2O3/c1-5-6-9-17-12-14-18(15-13-17)21(29)16-26(2)23-22(24(30)28(4)25(26)31)19-10-7-8-11-20(19)27(23)3/h7-8,10-15H,5-6,9,16H2,1-4H3. The third-order valence-corrected chi connectivity index (χ3v) is 6.53. The molecular weight excluding hydrogens is 388 g/mol. The van der Waals surface area contributed by atoms with Gasteiger partial charge in [-0.15, -0.1) is 0 Å². The summed E-state index contributed by atoms with van der Waals surface area (Å²) in [6.07, 6.45) is 3.24. The molecule has 0 aliphatic carbocycles. The Bertz CT molecular complexity index is 1190. The summed E-state index contributed by atoms with van der Waals surface area (Å²) in [6, 6.07) is 15.3. The highest BCUT2D eigenvalue weighted by Gasteiger charge is 2.50. The number of hydrogen-bond donors (Lipinski definition) is 0. The molecule has 0 saturated heterocycles. The fraction of sp³-hybridized carbons (Fsp3) is 0.346. The number of carbonyl (C=O) groups is 3. The topological polar surface area (TPSA) is 59.4 Å². The average molecular weight is 417 g/mol. The van der Waals surface area contributed by atoms with Gasteiger partial charge in [-0.05, 0) is 31.4 Å². The number of rotatable bonds is 6. The van der Waals surface area contributed by atoms with Crippen molar-refractivity contribution in [3.05, 3.63) is 70.9 Å². The van der Waals surface area contributed by atoms with Crippen molar-refractivity contribution in [2.24, 2.45) is 7.05 Å². The maximum atomic E-state index is 13.3. The number of ketones is 1. The molecule has 0 saturated carbocycles. The molecule has 4 rings (SSSR count). The Labute approximate surface area is 182 Å². The zero-order chi connectivity index (χ0) is 22.3. The highest BCUT2D eigenvalue weighted by molar-refractivity contribution is 6.20. The molecule has 2 heterocycles. The molecule has 2 amide bonds. The van der Waals surface area contributed by atoms with Crippen LogP contribution in [0.5, 0.6) is 0 Å². The number of nitrogens with zero attached hydrogens (tertiary/aromatic N) is 2. The third kappa shape index (κ3) is 3.29. The van der Waals surface area contributed by atoms with E-state index in [4.69, 9.17) is 0 Å². The normalized spacial score (nSPS) is 18.5. The Kier molecular flexibility index (Phi) is 5.29. The van der Waals surface area contributed by atoms with Crippen molar-refractivity contribution in [3.63, 3.8) is 0 Å². The summed E-state index contributed by atoms with van der Waals surface area (Å²) in [5.41, 5.74) is 2.70. The predicted molar refractivity (Wildman–Crippen MR) is 121 cm³/mol. The smallest absolute Gasteiger partial charge is 0.262 e. The number of unbranched alkanes of at least 4 members (excludes halogenated alkanes) is 1. The van der Waals surface area contributed by atoms with E-state index in [-0.39, 0.29) is 24.0 Å². The molecule has 0 bridgehead atoms. The van der Waals surface area contributed by atoms with E-state index >= 15 is 0 Å². The van der Waals surface area contributed by atoms with E-state index in [9.17, 15) is 14.4 Å². The van der Waals surface area contributed by atoms with Gasteiger partial charge in [-0.25, -0.2) is 0 Å². The number of amides is 2. The van der Waals surface area contributed by atoms with Crippen LogP contribution in [0.2, 0.25) is 0 Å². The molecule has 1 unspecified atom stereocenters. The Morgan fingerprint density at radius 3 is 2.35 bits per heavy atom. The molecule has 1 aliphatic heterocycles. The van der Waals surface area contributed by atoms with Gasteiger partial charge in [-0.2, -0.15) is 0 Å². The first-order chi connectivity index (χ1) is 14.8. The van der Waals surface area contributed by atoms with Crippen molar-refractivity contribution in [2.75, 3.05) is 7.05 Å². The number of likely N-dealkylation sites (N-methyl/N-ethyl adjacent to an activating group) is 1. The molecular formula is C26H28N2O3. The second-order valence-corrected chi connectivity index (χ2v) is 8.70. The van der Waals surface area contributed by atoms with Crippen LogP contribution >= 0.6 is 0 Å². The quantitative estimate of drug-likeness (QED) is 0.434. The Balaban J connectivity index is 1.76. The first-order valence-corrected chi connectivity index (χ1v) is 10.8. The van der Waals surface area contributed by atoms with Gasteiger partial charge >= 0.3 is 0 Å². The Morgan fingerprint density at radius 1 is 1.00 bits per heavy atom. The van der Waals surface area contributed by atoms with Crippen molar-refractivity contribution in [1.82, 2.24) is 9.47 Å². The zero-order valence-corrected chi connectivity index (χ0v) is 18.6. The molecule has 0 spiro atoms. The number of imide groups is 1. The number of hydrogen-bond acceptors (Lipinski definition) is 3. The first-order valence-electron chi connectivity index (χ1n) is 10.8. The van der Waals surface area contributed by atoms with Crippen molar-refractivity contribution < 1.29 is 14.4 Å². The van der Waals surface area contributed by atoms with Gasteiger partial charge in [-0.1, -0.05) is 55.8 Å². The SMILES string of the molecule is CCCCc1ccc(C(=O)CC2(C)C(=O)N(C)C(=O)c3c2n(C)c2ccccc32)cc1. The highest BCUT2D eigenvalue weighted by atomic mass is 16.2. The lowest BCUT2D eigenvalue weighted by Crippen LogP contribution is -2.52. The van der Waals surface area contributed by atoms with Crippen molar-refractivity contribution in [2.45, 2.75) is 44.9 Å². The van der Waals surface area contributed by atoms with Gasteiger partial charge < -0.3 is 4.57 Å².